The predicted octanol–water partition coefficient (Wildman–Crippen LogP) is 1.40. The summed E-state index contributed by atoms with van der Waals surface area (Å²) in [5.74, 6) is 1.30. The van der Waals surface area contributed by atoms with E-state index in [2.05, 4.69) is 0 Å². The van der Waals surface area contributed by atoms with Crippen molar-refractivity contribution in [2.24, 2.45) is 0 Å². The number of H-pyrrole nitrogens is 1. The van der Waals surface area contributed by atoms with Gasteiger partial charge in [-0.3, -0.25) is 14.3 Å². The summed E-state index contributed by atoms with van der Waals surface area (Å²) in [7, 11) is 2.96. The molecule has 12 nitrogen and oxygen atoms in total. The quantitative estimate of drug-likeness (QED) is 0.268. The molecule has 4 N–H and O–H groups in total. The number of aromatic amines is 1. The van der Waals surface area contributed by atoms with Crippen LogP contribution in [0.25, 0.3) is 0 Å². The highest BCUT2D eigenvalue weighted by molar-refractivity contribution is 8.10. The van der Waals surface area contributed by atoms with Crippen LogP contribution in [0, 0.1) is 0 Å². The summed E-state index contributed by atoms with van der Waals surface area (Å²) >= 11 is 12.0. The van der Waals surface area contributed by atoms with Crippen molar-refractivity contribution in [3.63, 3.8) is 0 Å². The van der Waals surface area contributed by atoms with Gasteiger partial charge in [-0.05, 0) is 60.3 Å². The number of aliphatic hydroxyl groups excluding tert-OH is 3. The average Bonchev–Trinajstić information content (AvgIpc) is 3.18. The molecule has 1 aliphatic heterocycles. The van der Waals surface area contributed by atoms with E-state index in [-0.39, 0.29) is 11.5 Å². The lowest BCUT2D eigenvalue weighted by atomic mass is 10.1. The van der Waals surface area contributed by atoms with Gasteiger partial charge >= 0.3 is 12.2 Å². The molecule has 0 amide bonds. The molecule has 4 atom stereocenters. The number of hydrogen-bond acceptors (Lipinski definition) is 11. The Morgan fingerprint density at radius 2 is 1.47 bits per heavy atom. The normalized spacial score (nSPS) is 23.2. The van der Waals surface area contributed by atoms with E-state index in [1.807, 2.05) is 4.98 Å². The van der Waals surface area contributed by atoms with E-state index in [9.17, 15) is 24.9 Å². The molecule has 0 radical (unpaired) electrons. The second-order valence-electron chi connectivity index (χ2n) is 8.07. The lowest BCUT2D eigenvalue weighted by molar-refractivity contribution is -0.0955. The third-order valence-corrected chi connectivity index (χ3v) is 9.57. The third-order valence-electron chi connectivity index (χ3n) is 5.80. The summed E-state index contributed by atoms with van der Waals surface area (Å²) in [6.07, 6.45) is -4.24. The average molecular weight is 587 g/mol. The lowest BCUT2D eigenvalue weighted by Crippen LogP contribution is -2.53. The van der Waals surface area contributed by atoms with Gasteiger partial charge in [-0.15, -0.1) is 0 Å². The Hall–Kier alpha value is -2.90. The summed E-state index contributed by atoms with van der Waals surface area (Å²) in [5, 5.41) is 31.6. The van der Waals surface area contributed by atoms with Gasteiger partial charge in [-0.25, -0.2) is 4.79 Å². The van der Waals surface area contributed by atoms with Crippen LogP contribution in [0.2, 0.25) is 5.02 Å². The number of ether oxygens (including phenoxy) is 3. The molecule has 0 spiro atoms. The summed E-state index contributed by atoms with van der Waals surface area (Å²) in [6.45, 7) is -4.98. The minimum absolute atomic E-state index is 0.142. The van der Waals surface area contributed by atoms with Crippen LogP contribution in [0.4, 0.5) is 0 Å². The number of aliphatic hydroxyl groups is 3. The summed E-state index contributed by atoms with van der Waals surface area (Å²) < 4.78 is 29.4. The van der Waals surface area contributed by atoms with Crippen molar-refractivity contribution in [3.05, 3.63) is 80.6 Å². The summed E-state index contributed by atoms with van der Waals surface area (Å²) in [4.78, 5) is 27.1. The van der Waals surface area contributed by atoms with Crippen molar-refractivity contribution in [2.45, 2.75) is 23.8 Å². The van der Waals surface area contributed by atoms with E-state index < -0.39 is 53.1 Å². The van der Waals surface area contributed by atoms with Gasteiger partial charge in [-0.1, -0.05) is 11.6 Å². The molecule has 0 saturated carbocycles. The number of benzene rings is 2. The van der Waals surface area contributed by atoms with Crippen LogP contribution >= 0.6 is 18.1 Å². The summed E-state index contributed by atoms with van der Waals surface area (Å²) in [5.41, 5.74) is -4.47. The molecule has 1 fully saturated rings. The van der Waals surface area contributed by atoms with E-state index >= 15 is 0 Å². The van der Waals surface area contributed by atoms with Gasteiger partial charge in [-0.2, -0.15) is 0 Å². The first-order chi connectivity index (χ1) is 18.1. The van der Waals surface area contributed by atoms with Gasteiger partial charge in [0.15, 0.2) is 0 Å². The Labute approximate surface area is 226 Å². The van der Waals surface area contributed by atoms with Crippen LogP contribution in [0.3, 0.4) is 0 Å². The van der Waals surface area contributed by atoms with Crippen molar-refractivity contribution in [1.29, 1.82) is 0 Å². The standard InChI is InChI=1S/C23H24ClN2O10PS/c1-32-13-3-7-15(8-4-13)35-37(38,36-16-9-5-14(33-2)6-10-16)23(20(29)19(28)18(12-27)34-23)26-11-17(24)21(30)25-22(26)31/h3-11,18-20,27-29H,12H2,1-2H3,(H,25,30,31)/t18-,19-,20-,23+/m1/s1. The first-order valence-electron chi connectivity index (χ1n) is 11.0. The smallest absolute Gasteiger partial charge is 0.345 e. The van der Waals surface area contributed by atoms with Crippen LogP contribution in [0.1, 0.15) is 0 Å². The topological polar surface area (TPSA) is 162 Å². The molecule has 38 heavy (non-hydrogen) atoms. The molecular weight excluding hydrogens is 563 g/mol. The zero-order valence-electron chi connectivity index (χ0n) is 20.0. The fraction of sp³-hybridized carbons (Fsp3) is 0.304. The first kappa shape index (κ1) is 28.1. The van der Waals surface area contributed by atoms with Gasteiger partial charge in [0.1, 0.15) is 46.3 Å². The maximum Gasteiger partial charge on any atom is 0.345 e. The van der Waals surface area contributed by atoms with Crippen molar-refractivity contribution in [3.8, 4) is 23.0 Å². The molecular formula is C23H24ClN2O10PS. The zero-order valence-corrected chi connectivity index (χ0v) is 22.5. The fourth-order valence-corrected chi connectivity index (χ4v) is 7.51. The molecule has 0 bridgehead atoms. The molecule has 4 rings (SSSR count). The Morgan fingerprint density at radius 3 is 1.89 bits per heavy atom. The number of aromatic nitrogens is 2. The molecule has 1 aliphatic rings. The van der Waals surface area contributed by atoms with Crippen LogP contribution in [0.15, 0.2) is 64.3 Å². The minimum atomic E-state index is -4.23. The number of nitrogens with one attached hydrogen (secondary N) is 1. The van der Waals surface area contributed by atoms with Crippen molar-refractivity contribution >= 4 is 29.9 Å². The Balaban J connectivity index is 1.97. The van der Waals surface area contributed by atoms with E-state index in [4.69, 9.17) is 46.7 Å². The monoisotopic (exact) mass is 586 g/mol. The highest BCUT2D eigenvalue weighted by Crippen LogP contribution is 2.66. The first-order valence-corrected chi connectivity index (χ1v) is 14.0. The van der Waals surface area contributed by atoms with Gasteiger partial charge in [0.25, 0.3) is 11.0 Å². The second kappa shape index (κ2) is 11.1. The lowest BCUT2D eigenvalue weighted by Gasteiger charge is -2.41. The molecule has 1 saturated heterocycles. The minimum Gasteiger partial charge on any atom is -0.497 e. The van der Waals surface area contributed by atoms with Gasteiger partial charge in [0.05, 0.1) is 20.8 Å². The Kier molecular flexibility index (Phi) is 8.19. The van der Waals surface area contributed by atoms with Crippen LogP contribution in [-0.4, -0.2) is 64.0 Å². The number of nitrogens with zero attached hydrogens (tertiary/aromatic N) is 1. The largest absolute Gasteiger partial charge is 0.497 e. The number of hydrogen-bond donors (Lipinski definition) is 4. The van der Waals surface area contributed by atoms with Gasteiger partial charge in [0.2, 0.25) is 0 Å². The number of rotatable bonds is 9. The maximum atomic E-state index is 13.1. The van der Waals surface area contributed by atoms with E-state index in [1.54, 1.807) is 24.3 Å². The van der Waals surface area contributed by atoms with E-state index in [0.29, 0.717) is 16.1 Å². The van der Waals surface area contributed by atoms with Crippen molar-refractivity contribution in [2.75, 3.05) is 20.8 Å². The highest BCUT2D eigenvalue weighted by Gasteiger charge is 2.67. The molecule has 204 valence electrons. The fourth-order valence-electron chi connectivity index (χ4n) is 3.88. The molecule has 0 unspecified atom stereocenters. The van der Waals surface area contributed by atoms with Crippen LogP contribution < -0.4 is 29.8 Å². The van der Waals surface area contributed by atoms with Crippen molar-refractivity contribution < 1.29 is 38.6 Å². The van der Waals surface area contributed by atoms with Crippen LogP contribution in [0.5, 0.6) is 23.0 Å². The molecule has 2 heterocycles. The second-order valence-corrected chi connectivity index (χ2v) is 11.9. The third kappa shape index (κ3) is 4.94. The summed E-state index contributed by atoms with van der Waals surface area (Å²) in [6, 6.07) is 12.4. The van der Waals surface area contributed by atoms with Gasteiger partial charge < -0.3 is 38.6 Å². The van der Waals surface area contributed by atoms with E-state index in [0.717, 1.165) is 6.20 Å². The molecule has 15 heteroatoms. The van der Waals surface area contributed by atoms with Crippen LogP contribution in [-0.2, 0) is 22.0 Å². The molecule has 2 aromatic carbocycles. The van der Waals surface area contributed by atoms with E-state index in [1.165, 1.54) is 38.5 Å². The number of methoxy groups -OCH3 is 2. The SMILES string of the molecule is COc1ccc(OP(=S)(Oc2ccc(OC)cc2)[C@@]2(n3cc(Cl)c(=O)[nH]c3=O)O[C@H](CO)[C@@H](O)[C@H]2O)cc1. The van der Waals surface area contributed by atoms with Gasteiger partial charge in [0, 0.05) is 6.20 Å². The Bertz CT molecular complexity index is 1390. The predicted molar refractivity (Wildman–Crippen MR) is 140 cm³/mol. The van der Waals surface area contributed by atoms with Crippen molar-refractivity contribution in [1.82, 2.24) is 9.55 Å². The maximum absolute atomic E-state index is 13.1. The number of halogens is 1. The molecule has 0 aliphatic carbocycles. The molecule has 3 aromatic rings. The Morgan fingerprint density at radius 1 is 1.00 bits per heavy atom. The highest BCUT2D eigenvalue weighted by atomic mass is 35.5. The zero-order chi connectivity index (χ0) is 27.7. The molecule has 1 aromatic heterocycles.